The molecule has 6 nitrogen and oxygen atoms in total. The SMILES string of the molecule is CCCC(=O)Nc1ccc(CNC(=NC)NCc2ncc(CC)s2)cc1. The number of anilines is 1. The minimum absolute atomic E-state index is 0.0522. The zero-order valence-corrected chi connectivity index (χ0v) is 16.4. The number of aryl methyl sites for hydroxylation is 1. The van der Waals surface area contributed by atoms with E-state index in [1.165, 1.54) is 4.88 Å². The third-order valence-corrected chi connectivity index (χ3v) is 4.90. The van der Waals surface area contributed by atoms with Crippen molar-refractivity contribution in [2.24, 2.45) is 4.99 Å². The van der Waals surface area contributed by atoms with Crippen molar-refractivity contribution < 1.29 is 4.79 Å². The van der Waals surface area contributed by atoms with Crippen LogP contribution in [0.1, 0.15) is 42.1 Å². The molecule has 0 aliphatic carbocycles. The van der Waals surface area contributed by atoms with Gasteiger partial charge in [0, 0.05) is 36.8 Å². The van der Waals surface area contributed by atoms with E-state index in [0.29, 0.717) is 19.5 Å². The Bertz CT molecular complexity index is 724. The molecule has 1 heterocycles. The van der Waals surface area contributed by atoms with Gasteiger partial charge in [-0.2, -0.15) is 0 Å². The Balaban J connectivity index is 1.79. The second-order valence-corrected chi connectivity index (χ2v) is 7.05. The number of hydrogen-bond donors (Lipinski definition) is 3. The fourth-order valence-corrected chi connectivity index (χ4v) is 3.12. The summed E-state index contributed by atoms with van der Waals surface area (Å²) in [7, 11) is 1.75. The molecule has 0 aliphatic heterocycles. The van der Waals surface area contributed by atoms with Gasteiger partial charge in [0.25, 0.3) is 0 Å². The van der Waals surface area contributed by atoms with Gasteiger partial charge in [-0.05, 0) is 30.5 Å². The van der Waals surface area contributed by atoms with Crippen molar-refractivity contribution in [2.75, 3.05) is 12.4 Å². The molecule has 0 unspecified atom stereocenters. The van der Waals surface area contributed by atoms with Gasteiger partial charge < -0.3 is 16.0 Å². The summed E-state index contributed by atoms with van der Waals surface area (Å²) >= 11 is 1.72. The number of hydrogen-bond acceptors (Lipinski definition) is 4. The highest BCUT2D eigenvalue weighted by molar-refractivity contribution is 7.11. The fraction of sp³-hybridized carbons (Fsp3) is 0.421. The molecule has 140 valence electrons. The molecule has 0 radical (unpaired) electrons. The largest absolute Gasteiger partial charge is 0.352 e. The lowest BCUT2D eigenvalue weighted by molar-refractivity contribution is -0.116. The number of guanidine groups is 1. The number of carbonyl (C=O) groups excluding carboxylic acids is 1. The van der Waals surface area contributed by atoms with Crippen molar-refractivity contribution >= 4 is 28.9 Å². The third kappa shape index (κ3) is 6.48. The molecule has 1 aromatic heterocycles. The summed E-state index contributed by atoms with van der Waals surface area (Å²) in [4.78, 5) is 21.5. The van der Waals surface area contributed by atoms with Crippen LogP contribution in [0.25, 0.3) is 0 Å². The Kier molecular flexibility index (Phi) is 8.08. The van der Waals surface area contributed by atoms with E-state index in [2.05, 4.69) is 32.9 Å². The quantitative estimate of drug-likeness (QED) is 0.490. The molecule has 26 heavy (non-hydrogen) atoms. The summed E-state index contributed by atoms with van der Waals surface area (Å²) in [5, 5.41) is 10.5. The number of rotatable bonds is 8. The number of amides is 1. The minimum atomic E-state index is 0.0522. The monoisotopic (exact) mass is 373 g/mol. The van der Waals surface area contributed by atoms with Gasteiger partial charge in [-0.15, -0.1) is 11.3 Å². The first-order valence-electron chi connectivity index (χ1n) is 8.91. The molecular formula is C19H27N5OS. The molecule has 0 aliphatic rings. The zero-order valence-electron chi connectivity index (χ0n) is 15.6. The predicted molar refractivity (Wildman–Crippen MR) is 109 cm³/mol. The first kappa shape index (κ1) is 19.9. The van der Waals surface area contributed by atoms with E-state index in [1.54, 1.807) is 18.4 Å². The van der Waals surface area contributed by atoms with Crippen molar-refractivity contribution in [3.05, 3.63) is 45.9 Å². The van der Waals surface area contributed by atoms with Gasteiger partial charge in [0.2, 0.25) is 5.91 Å². The summed E-state index contributed by atoms with van der Waals surface area (Å²) < 4.78 is 0. The number of carbonyl (C=O) groups is 1. The van der Waals surface area contributed by atoms with Crippen molar-refractivity contribution in [3.8, 4) is 0 Å². The summed E-state index contributed by atoms with van der Waals surface area (Å²) in [6.45, 7) is 5.44. The fourth-order valence-electron chi connectivity index (χ4n) is 2.32. The average molecular weight is 374 g/mol. The van der Waals surface area contributed by atoms with E-state index in [0.717, 1.165) is 35.1 Å². The summed E-state index contributed by atoms with van der Waals surface area (Å²) in [5.41, 5.74) is 1.94. The van der Waals surface area contributed by atoms with Crippen LogP contribution < -0.4 is 16.0 Å². The van der Waals surface area contributed by atoms with Crippen molar-refractivity contribution in [1.82, 2.24) is 15.6 Å². The van der Waals surface area contributed by atoms with Crippen LogP contribution in [0.2, 0.25) is 0 Å². The maximum atomic E-state index is 11.6. The Hall–Kier alpha value is -2.41. The first-order valence-corrected chi connectivity index (χ1v) is 9.73. The van der Waals surface area contributed by atoms with E-state index >= 15 is 0 Å². The lowest BCUT2D eigenvalue weighted by atomic mass is 10.2. The smallest absolute Gasteiger partial charge is 0.224 e. The van der Waals surface area contributed by atoms with Gasteiger partial charge in [0.15, 0.2) is 5.96 Å². The maximum Gasteiger partial charge on any atom is 0.224 e. The molecule has 0 saturated heterocycles. The van der Waals surface area contributed by atoms with Crippen molar-refractivity contribution in [2.45, 2.75) is 46.2 Å². The van der Waals surface area contributed by atoms with Crippen LogP contribution in [0.15, 0.2) is 35.5 Å². The molecule has 0 spiro atoms. The Morgan fingerprint density at radius 1 is 1.15 bits per heavy atom. The van der Waals surface area contributed by atoms with Gasteiger partial charge in [0.1, 0.15) is 5.01 Å². The van der Waals surface area contributed by atoms with Crippen LogP contribution in [0.4, 0.5) is 5.69 Å². The third-order valence-electron chi connectivity index (χ3n) is 3.76. The molecule has 0 bridgehead atoms. The van der Waals surface area contributed by atoms with E-state index < -0.39 is 0 Å². The molecule has 0 atom stereocenters. The van der Waals surface area contributed by atoms with Crippen molar-refractivity contribution in [1.29, 1.82) is 0 Å². The Labute approximate surface area is 159 Å². The van der Waals surface area contributed by atoms with E-state index in [-0.39, 0.29) is 5.91 Å². The van der Waals surface area contributed by atoms with Gasteiger partial charge in [0.05, 0.1) is 6.54 Å². The number of aromatic nitrogens is 1. The van der Waals surface area contributed by atoms with Crippen LogP contribution in [0.5, 0.6) is 0 Å². The number of nitrogens with one attached hydrogen (secondary N) is 3. The van der Waals surface area contributed by atoms with Gasteiger partial charge in [-0.1, -0.05) is 26.0 Å². The molecule has 3 N–H and O–H groups in total. The van der Waals surface area contributed by atoms with Crippen LogP contribution >= 0.6 is 11.3 Å². The normalized spacial score (nSPS) is 11.3. The average Bonchev–Trinajstić information content (AvgIpc) is 3.11. The number of aliphatic imine (C=N–C) groups is 1. The Morgan fingerprint density at radius 2 is 1.88 bits per heavy atom. The van der Waals surface area contributed by atoms with Crippen LogP contribution in [0.3, 0.4) is 0 Å². The molecule has 2 rings (SSSR count). The Morgan fingerprint density at radius 3 is 2.50 bits per heavy atom. The van der Waals surface area contributed by atoms with Crippen LogP contribution in [-0.2, 0) is 24.3 Å². The van der Waals surface area contributed by atoms with E-state index in [4.69, 9.17) is 0 Å². The number of thiazole rings is 1. The second kappa shape index (κ2) is 10.6. The highest BCUT2D eigenvalue weighted by Crippen LogP contribution is 2.13. The molecular weight excluding hydrogens is 346 g/mol. The predicted octanol–water partition coefficient (Wildman–Crippen LogP) is 3.31. The van der Waals surface area contributed by atoms with Crippen LogP contribution in [0, 0.1) is 0 Å². The highest BCUT2D eigenvalue weighted by Gasteiger charge is 2.04. The second-order valence-electron chi connectivity index (χ2n) is 5.85. The minimum Gasteiger partial charge on any atom is -0.352 e. The summed E-state index contributed by atoms with van der Waals surface area (Å²) in [6, 6.07) is 7.83. The van der Waals surface area contributed by atoms with Gasteiger partial charge in [-0.25, -0.2) is 4.98 Å². The van der Waals surface area contributed by atoms with Gasteiger partial charge >= 0.3 is 0 Å². The van der Waals surface area contributed by atoms with Crippen molar-refractivity contribution in [3.63, 3.8) is 0 Å². The molecule has 2 aromatic rings. The first-order chi connectivity index (χ1) is 12.6. The van der Waals surface area contributed by atoms with Crippen LogP contribution in [-0.4, -0.2) is 23.9 Å². The zero-order chi connectivity index (χ0) is 18.8. The highest BCUT2D eigenvalue weighted by atomic mass is 32.1. The molecule has 1 aromatic carbocycles. The van der Waals surface area contributed by atoms with Gasteiger partial charge in [-0.3, -0.25) is 9.79 Å². The van der Waals surface area contributed by atoms with E-state index in [9.17, 15) is 4.79 Å². The molecule has 0 fully saturated rings. The number of nitrogens with zero attached hydrogens (tertiary/aromatic N) is 2. The molecule has 1 amide bonds. The number of benzene rings is 1. The standard InChI is InChI=1S/C19H27N5OS/c1-4-6-17(25)24-15-9-7-14(8-10-15)11-22-19(20-3)23-13-18-21-12-16(5-2)26-18/h7-10,12H,4-6,11,13H2,1-3H3,(H,24,25)(H2,20,22,23). The summed E-state index contributed by atoms with van der Waals surface area (Å²) in [5.74, 6) is 0.787. The lowest BCUT2D eigenvalue weighted by Crippen LogP contribution is -2.36. The summed E-state index contributed by atoms with van der Waals surface area (Å²) in [6.07, 6.45) is 4.34. The topological polar surface area (TPSA) is 78.4 Å². The maximum absolute atomic E-state index is 11.6. The molecule has 7 heteroatoms. The van der Waals surface area contributed by atoms with E-state index in [1.807, 2.05) is 37.4 Å². The molecule has 0 saturated carbocycles. The lowest BCUT2D eigenvalue weighted by Gasteiger charge is -2.11.